The lowest BCUT2D eigenvalue weighted by Crippen LogP contribution is -2.41. The van der Waals surface area contributed by atoms with E-state index in [1.165, 1.54) is 25.7 Å². The van der Waals surface area contributed by atoms with E-state index in [9.17, 15) is 0 Å². The fourth-order valence-corrected chi connectivity index (χ4v) is 4.67. The lowest BCUT2D eigenvalue weighted by molar-refractivity contribution is 0.00922. The summed E-state index contributed by atoms with van der Waals surface area (Å²) in [5.74, 6) is 7.34. The minimum atomic E-state index is 0.831. The Labute approximate surface area is 129 Å². The molecule has 1 rings (SSSR count). The minimum Gasteiger partial charge on any atom is -0.0651 e. The first-order chi connectivity index (χ1) is 9.33. The molecule has 0 aromatic carbocycles. The summed E-state index contributed by atoms with van der Waals surface area (Å²) in [6, 6.07) is 0. The van der Waals surface area contributed by atoms with E-state index in [2.05, 4.69) is 55.4 Å². The van der Waals surface area contributed by atoms with Crippen LogP contribution in [0, 0.1) is 47.3 Å². The Hall–Kier alpha value is 0. The topological polar surface area (TPSA) is 0 Å². The molecule has 20 heavy (non-hydrogen) atoms. The Morgan fingerprint density at radius 3 is 1.80 bits per heavy atom. The third-order valence-corrected chi connectivity index (χ3v) is 6.77. The Morgan fingerprint density at radius 1 is 0.850 bits per heavy atom. The molecule has 0 bridgehead atoms. The Morgan fingerprint density at radius 2 is 1.40 bits per heavy atom. The van der Waals surface area contributed by atoms with Gasteiger partial charge in [0.2, 0.25) is 0 Å². The van der Waals surface area contributed by atoms with Gasteiger partial charge in [-0.05, 0) is 60.2 Å². The molecule has 0 radical (unpaired) electrons. The van der Waals surface area contributed by atoms with E-state index in [0.29, 0.717) is 0 Å². The molecule has 0 amide bonds. The van der Waals surface area contributed by atoms with E-state index in [4.69, 9.17) is 0 Å². The molecule has 0 aromatic rings. The van der Waals surface area contributed by atoms with Gasteiger partial charge in [0.1, 0.15) is 0 Å². The van der Waals surface area contributed by atoms with Gasteiger partial charge < -0.3 is 0 Å². The molecular weight excluding hydrogens is 240 g/mol. The number of hydrogen-bond acceptors (Lipinski definition) is 0. The Bertz CT molecular complexity index is 265. The molecule has 0 aliphatic heterocycles. The molecule has 0 heteroatoms. The Kier molecular flexibility index (Phi) is 7.09. The summed E-state index contributed by atoms with van der Waals surface area (Å²) in [5.41, 5.74) is 0. The number of hydrogen-bond donors (Lipinski definition) is 0. The van der Waals surface area contributed by atoms with Crippen molar-refractivity contribution in [3.8, 4) is 0 Å². The van der Waals surface area contributed by atoms with Gasteiger partial charge in [-0.15, -0.1) is 0 Å². The fourth-order valence-electron chi connectivity index (χ4n) is 4.67. The van der Waals surface area contributed by atoms with Gasteiger partial charge in [0.25, 0.3) is 0 Å². The third kappa shape index (κ3) is 4.01. The lowest BCUT2D eigenvalue weighted by atomic mass is 9.57. The van der Waals surface area contributed by atoms with Crippen molar-refractivity contribution in [2.75, 3.05) is 0 Å². The first-order valence-electron chi connectivity index (χ1n) is 9.33. The molecule has 6 unspecified atom stereocenters. The predicted octanol–water partition coefficient (Wildman–Crippen LogP) is 6.65. The zero-order chi connectivity index (χ0) is 15.4. The molecule has 0 nitrogen and oxygen atoms in total. The summed E-state index contributed by atoms with van der Waals surface area (Å²) in [5, 5.41) is 0. The van der Waals surface area contributed by atoms with Crippen molar-refractivity contribution >= 4 is 0 Å². The first-order valence-corrected chi connectivity index (χ1v) is 9.33. The summed E-state index contributed by atoms with van der Waals surface area (Å²) in [6.07, 6.45) is 5.73. The van der Waals surface area contributed by atoms with E-state index < -0.39 is 0 Å². The summed E-state index contributed by atoms with van der Waals surface area (Å²) in [4.78, 5) is 0. The first kappa shape index (κ1) is 18.1. The van der Waals surface area contributed by atoms with Crippen LogP contribution in [0.2, 0.25) is 0 Å². The minimum absolute atomic E-state index is 0.831. The highest BCUT2D eigenvalue weighted by Crippen LogP contribution is 2.49. The third-order valence-electron chi connectivity index (χ3n) is 6.77. The van der Waals surface area contributed by atoms with Gasteiger partial charge in [0, 0.05) is 0 Å². The largest absolute Gasteiger partial charge is 0.0651 e. The van der Waals surface area contributed by atoms with Gasteiger partial charge in [0.15, 0.2) is 0 Å². The molecule has 1 saturated carbocycles. The summed E-state index contributed by atoms with van der Waals surface area (Å²) < 4.78 is 0. The maximum atomic E-state index is 2.52. The van der Waals surface area contributed by atoms with Crippen LogP contribution in [0.15, 0.2) is 0 Å². The van der Waals surface area contributed by atoms with Gasteiger partial charge in [-0.2, -0.15) is 0 Å². The molecular formula is C20H40. The summed E-state index contributed by atoms with van der Waals surface area (Å²) >= 11 is 0. The number of rotatable bonds is 6. The van der Waals surface area contributed by atoms with Gasteiger partial charge in [-0.3, -0.25) is 0 Å². The van der Waals surface area contributed by atoms with E-state index in [-0.39, 0.29) is 0 Å². The van der Waals surface area contributed by atoms with Crippen molar-refractivity contribution in [1.29, 1.82) is 0 Å². The Balaban J connectivity index is 2.99. The molecule has 0 spiro atoms. The molecule has 1 aliphatic rings. The van der Waals surface area contributed by atoms with Crippen LogP contribution in [-0.2, 0) is 0 Å². The summed E-state index contributed by atoms with van der Waals surface area (Å²) in [6.45, 7) is 19.6. The fraction of sp³-hybridized carbons (Fsp3) is 1.00. The van der Waals surface area contributed by atoms with E-state index in [1.54, 1.807) is 0 Å². The van der Waals surface area contributed by atoms with Crippen molar-refractivity contribution in [3.05, 3.63) is 0 Å². The van der Waals surface area contributed by atoms with Crippen LogP contribution in [0.3, 0.4) is 0 Å². The van der Waals surface area contributed by atoms with E-state index >= 15 is 0 Å². The van der Waals surface area contributed by atoms with E-state index in [0.717, 1.165) is 47.3 Å². The summed E-state index contributed by atoms with van der Waals surface area (Å²) in [7, 11) is 0. The van der Waals surface area contributed by atoms with Gasteiger partial charge in [0.05, 0.1) is 0 Å². The maximum absolute atomic E-state index is 2.52. The second-order valence-corrected chi connectivity index (χ2v) is 8.36. The molecule has 1 aliphatic carbocycles. The van der Waals surface area contributed by atoms with Crippen LogP contribution in [0.25, 0.3) is 0 Å². The van der Waals surface area contributed by atoms with Crippen molar-refractivity contribution in [2.45, 2.75) is 81.1 Å². The van der Waals surface area contributed by atoms with Gasteiger partial charge in [-0.1, -0.05) is 68.2 Å². The monoisotopic (exact) mass is 280 g/mol. The van der Waals surface area contributed by atoms with Crippen LogP contribution in [0.5, 0.6) is 0 Å². The second kappa shape index (κ2) is 7.85. The molecule has 1 fully saturated rings. The maximum Gasteiger partial charge on any atom is -0.0352 e. The SMILES string of the molecule is CCC(C)C1CC(C(C)C)CC(C(C)C(C)C)C1CC. The highest BCUT2D eigenvalue weighted by atomic mass is 14.5. The quantitative estimate of drug-likeness (QED) is 0.511. The van der Waals surface area contributed by atoms with Crippen LogP contribution < -0.4 is 0 Å². The second-order valence-electron chi connectivity index (χ2n) is 8.36. The smallest absolute Gasteiger partial charge is 0.0352 e. The predicted molar refractivity (Wildman–Crippen MR) is 91.8 cm³/mol. The zero-order valence-electron chi connectivity index (χ0n) is 15.4. The van der Waals surface area contributed by atoms with E-state index in [1.807, 2.05) is 0 Å². The molecule has 0 saturated heterocycles. The van der Waals surface area contributed by atoms with Crippen LogP contribution in [-0.4, -0.2) is 0 Å². The zero-order valence-corrected chi connectivity index (χ0v) is 15.4. The standard InChI is InChI=1S/C20H40/c1-9-15(7)19-11-17(14(5)6)12-20(18(19)10-2)16(8)13(3)4/h13-20H,9-12H2,1-8H3. The molecule has 0 heterocycles. The molecule has 120 valence electrons. The van der Waals surface area contributed by atoms with Crippen molar-refractivity contribution in [1.82, 2.24) is 0 Å². The van der Waals surface area contributed by atoms with Crippen LogP contribution in [0.4, 0.5) is 0 Å². The average molecular weight is 281 g/mol. The van der Waals surface area contributed by atoms with Crippen molar-refractivity contribution in [2.24, 2.45) is 47.3 Å². The normalized spacial score (nSPS) is 34.5. The van der Waals surface area contributed by atoms with Crippen LogP contribution in [0.1, 0.15) is 81.1 Å². The van der Waals surface area contributed by atoms with Crippen LogP contribution >= 0.6 is 0 Å². The highest BCUT2D eigenvalue weighted by Gasteiger charge is 2.41. The van der Waals surface area contributed by atoms with Gasteiger partial charge >= 0.3 is 0 Å². The molecule has 0 N–H and O–H groups in total. The molecule has 0 aromatic heterocycles. The van der Waals surface area contributed by atoms with Crippen molar-refractivity contribution < 1.29 is 0 Å². The van der Waals surface area contributed by atoms with Gasteiger partial charge in [-0.25, -0.2) is 0 Å². The molecule has 6 atom stereocenters. The average Bonchev–Trinajstić information content (AvgIpc) is 2.43. The van der Waals surface area contributed by atoms with Crippen molar-refractivity contribution in [3.63, 3.8) is 0 Å². The lowest BCUT2D eigenvalue weighted by Gasteiger charge is -2.48. The highest BCUT2D eigenvalue weighted by molar-refractivity contribution is 4.91.